The van der Waals surface area contributed by atoms with Crippen LogP contribution in [0.5, 0.6) is 5.75 Å². The third-order valence-electron chi connectivity index (χ3n) is 2.97. The maximum Gasteiger partial charge on any atom is 0.344 e. The number of hydrogen-bond acceptors (Lipinski definition) is 4. The van der Waals surface area contributed by atoms with Crippen LogP contribution in [0.2, 0.25) is 10.0 Å². The van der Waals surface area contributed by atoms with Crippen molar-refractivity contribution in [3.8, 4) is 5.75 Å². The van der Waals surface area contributed by atoms with E-state index in [0.717, 1.165) is 0 Å². The molecule has 0 aliphatic rings. The second-order valence-electron chi connectivity index (χ2n) is 4.85. The molecule has 24 heavy (non-hydrogen) atoms. The summed E-state index contributed by atoms with van der Waals surface area (Å²) in [7, 11) is 0. The molecule has 0 aliphatic carbocycles. The van der Waals surface area contributed by atoms with Crippen LogP contribution in [0.4, 0.5) is 5.69 Å². The molecule has 1 atom stereocenters. The summed E-state index contributed by atoms with van der Waals surface area (Å²) in [5.74, 6) is -0.758. The molecule has 0 saturated heterocycles. The Morgan fingerprint density at radius 1 is 1.08 bits per heavy atom. The molecule has 2 aromatic rings. The lowest BCUT2D eigenvalue weighted by atomic mass is 10.3. The van der Waals surface area contributed by atoms with Crippen LogP contribution in [0, 0.1) is 0 Å². The molecule has 0 bridgehead atoms. The number of ether oxygens (including phenoxy) is 2. The summed E-state index contributed by atoms with van der Waals surface area (Å²) in [5.41, 5.74) is 0.555. The molecule has 1 amide bonds. The topological polar surface area (TPSA) is 64.6 Å². The monoisotopic (exact) mass is 367 g/mol. The Balaban J connectivity index is 1.81. The lowest BCUT2D eigenvalue weighted by Gasteiger charge is -2.14. The third kappa shape index (κ3) is 5.44. The summed E-state index contributed by atoms with van der Waals surface area (Å²) >= 11 is 11.7. The number of halogens is 2. The first-order valence-corrected chi connectivity index (χ1v) is 7.84. The van der Waals surface area contributed by atoms with Crippen molar-refractivity contribution in [1.82, 2.24) is 0 Å². The summed E-state index contributed by atoms with van der Waals surface area (Å²) < 4.78 is 10.3. The van der Waals surface area contributed by atoms with Crippen LogP contribution in [-0.4, -0.2) is 24.6 Å². The largest absolute Gasteiger partial charge is 0.480 e. The molecule has 0 saturated carbocycles. The van der Waals surface area contributed by atoms with E-state index in [0.29, 0.717) is 21.5 Å². The van der Waals surface area contributed by atoms with Crippen molar-refractivity contribution in [2.75, 3.05) is 11.9 Å². The normalized spacial score (nSPS) is 11.5. The zero-order valence-electron chi connectivity index (χ0n) is 12.8. The second kappa shape index (κ2) is 8.57. The summed E-state index contributed by atoms with van der Waals surface area (Å²) in [6.07, 6.45) is -0.969. The molecular weight excluding hydrogens is 353 g/mol. The van der Waals surface area contributed by atoms with Gasteiger partial charge in [0, 0.05) is 10.7 Å². The van der Waals surface area contributed by atoms with Gasteiger partial charge in [-0.2, -0.15) is 0 Å². The van der Waals surface area contributed by atoms with E-state index in [-0.39, 0.29) is 6.61 Å². The minimum Gasteiger partial charge on any atom is -0.480 e. The van der Waals surface area contributed by atoms with Gasteiger partial charge in [0.15, 0.2) is 12.7 Å². The fourth-order valence-corrected chi connectivity index (χ4v) is 2.08. The lowest BCUT2D eigenvalue weighted by Crippen LogP contribution is -2.31. The summed E-state index contributed by atoms with van der Waals surface area (Å²) in [6.45, 7) is 1.13. The molecule has 7 heteroatoms. The van der Waals surface area contributed by atoms with E-state index < -0.39 is 18.0 Å². The van der Waals surface area contributed by atoms with Crippen molar-refractivity contribution in [3.63, 3.8) is 0 Å². The van der Waals surface area contributed by atoms with Gasteiger partial charge in [0.05, 0.1) is 5.02 Å². The number of anilines is 1. The number of benzene rings is 2. The van der Waals surface area contributed by atoms with Crippen molar-refractivity contribution >= 4 is 40.8 Å². The average molecular weight is 368 g/mol. The number of rotatable bonds is 6. The minimum atomic E-state index is -0.969. The van der Waals surface area contributed by atoms with Crippen molar-refractivity contribution in [3.05, 3.63) is 58.6 Å². The van der Waals surface area contributed by atoms with E-state index in [4.69, 9.17) is 32.7 Å². The van der Waals surface area contributed by atoms with E-state index in [1.54, 1.807) is 48.5 Å². The number of carbonyl (C=O) groups excluding carboxylic acids is 2. The zero-order chi connectivity index (χ0) is 17.5. The molecule has 0 unspecified atom stereocenters. The van der Waals surface area contributed by atoms with E-state index in [2.05, 4.69) is 5.32 Å². The van der Waals surface area contributed by atoms with E-state index in [1.807, 2.05) is 0 Å². The Bertz CT molecular complexity index is 719. The van der Waals surface area contributed by atoms with Gasteiger partial charge in [-0.3, -0.25) is 4.79 Å². The van der Waals surface area contributed by atoms with Crippen LogP contribution < -0.4 is 10.1 Å². The molecular formula is C17H15Cl2NO4. The molecule has 1 N–H and O–H groups in total. The molecule has 0 fully saturated rings. The molecule has 0 heterocycles. The fraction of sp³-hybridized carbons (Fsp3) is 0.176. The van der Waals surface area contributed by atoms with Crippen molar-refractivity contribution in [2.45, 2.75) is 13.0 Å². The second-order valence-corrected chi connectivity index (χ2v) is 5.69. The molecule has 0 aromatic heterocycles. The number of amides is 1. The number of esters is 1. The van der Waals surface area contributed by atoms with Gasteiger partial charge in [-0.15, -0.1) is 0 Å². The molecule has 2 rings (SSSR count). The first-order valence-electron chi connectivity index (χ1n) is 7.09. The van der Waals surface area contributed by atoms with Crippen molar-refractivity contribution in [1.29, 1.82) is 0 Å². The SMILES string of the molecule is C[C@@H](OC(=O)COc1ccccc1Cl)C(=O)Nc1ccc(Cl)cc1. The van der Waals surface area contributed by atoms with Gasteiger partial charge in [-0.05, 0) is 43.3 Å². The quantitative estimate of drug-likeness (QED) is 0.785. The predicted molar refractivity (Wildman–Crippen MR) is 92.6 cm³/mol. The fourth-order valence-electron chi connectivity index (χ4n) is 1.76. The highest BCUT2D eigenvalue weighted by molar-refractivity contribution is 6.32. The standard InChI is InChI=1S/C17H15Cl2NO4/c1-11(17(22)20-13-8-6-12(18)7-9-13)24-16(21)10-23-15-5-3-2-4-14(15)19/h2-9,11H,10H2,1H3,(H,20,22)/t11-/m1/s1. The number of carbonyl (C=O) groups is 2. The zero-order valence-corrected chi connectivity index (χ0v) is 14.3. The Morgan fingerprint density at radius 3 is 2.42 bits per heavy atom. The summed E-state index contributed by atoms with van der Waals surface area (Å²) in [4.78, 5) is 23.7. The van der Waals surface area contributed by atoms with Crippen LogP contribution >= 0.6 is 23.2 Å². The van der Waals surface area contributed by atoms with Gasteiger partial charge >= 0.3 is 5.97 Å². The van der Waals surface area contributed by atoms with Gasteiger partial charge in [0.25, 0.3) is 5.91 Å². The highest BCUT2D eigenvalue weighted by atomic mass is 35.5. The third-order valence-corrected chi connectivity index (χ3v) is 3.54. The van der Waals surface area contributed by atoms with Gasteiger partial charge < -0.3 is 14.8 Å². The molecule has 2 aromatic carbocycles. The van der Waals surface area contributed by atoms with Crippen LogP contribution in [0.1, 0.15) is 6.92 Å². The van der Waals surface area contributed by atoms with Crippen LogP contribution in [0.25, 0.3) is 0 Å². The Kier molecular flexibility index (Phi) is 6.46. The maximum atomic E-state index is 12.0. The molecule has 126 valence electrons. The molecule has 0 spiro atoms. The lowest BCUT2D eigenvalue weighted by molar-refractivity contribution is -0.155. The van der Waals surface area contributed by atoms with E-state index in [9.17, 15) is 9.59 Å². The molecule has 0 radical (unpaired) electrons. The smallest absolute Gasteiger partial charge is 0.344 e. The Morgan fingerprint density at radius 2 is 1.75 bits per heavy atom. The van der Waals surface area contributed by atoms with E-state index in [1.165, 1.54) is 6.92 Å². The average Bonchev–Trinajstić information content (AvgIpc) is 2.56. The van der Waals surface area contributed by atoms with Gasteiger partial charge in [0.1, 0.15) is 5.75 Å². The van der Waals surface area contributed by atoms with Crippen LogP contribution in [0.3, 0.4) is 0 Å². The number of para-hydroxylation sites is 1. The maximum absolute atomic E-state index is 12.0. The van der Waals surface area contributed by atoms with Gasteiger partial charge in [0.2, 0.25) is 0 Å². The highest BCUT2D eigenvalue weighted by Gasteiger charge is 2.18. The molecule has 0 aliphatic heterocycles. The highest BCUT2D eigenvalue weighted by Crippen LogP contribution is 2.23. The van der Waals surface area contributed by atoms with Crippen LogP contribution in [-0.2, 0) is 14.3 Å². The predicted octanol–water partition coefficient (Wildman–Crippen LogP) is 3.94. The summed E-state index contributed by atoms with van der Waals surface area (Å²) in [5, 5.41) is 3.57. The number of hydrogen-bond donors (Lipinski definition) is 1. The van der Waals surface area contributed by atoms with Crippen molar-refractivity contribution < 1.29 is 19.1 Å². The number of nitrogens with one attached hydrogen (secondary N) is 1. The van der Waals surface area contributed by atoms with Crippen LogP contribution in [0.15, 0.2) is 48.5 Å². The summed E-state index contributed by atoms with van der Waals surface area (Å²) in [6, 6.07) is 13.3. The minimum absolute atomic E-state index is 0.345. The van der Waals surface area contributed by atoms with Gasteiger partial charge in [-0.25, -0.2) is 4.79 Å². The van der Waals surface area contributed by atoms with Gasteiger partial charge in [-0.1, -0.05) is 35.3 Å². The van der Waals surface area contributed by atoms with E-state index >= 15 is 0 Å². The first kappa shape index (κ1) is 18.1. The van der Waals surface area contributed by atoms with Crippen molar-refractivity contribution in [2.24, 2.45) is 0 Å². The first-order chi connectivity index (χ1) is 11.5. The Labute approximate surface area is 149 Å². The molecule has 5 nitrogen and oxygen atoms in total. The Hall–Kier alpha value is -2.24.